The highest BCUT2D eigenvalue weighted by atomic mass is 35.5. The molecule has 0 saturated carbocycles. The number of amides is 2. The Bertz CT molecular complexity index is 709. The largest absolute Gasteiger partial charge is 0.465 e. The van der Waals surface area contributed by atoms with Gasteiger partial charge in [-0.25, -0.2) is 9.18 Å². The van der Waals surface area contributed by atoms with Crippen molar-refractivity contribution in [3.63, 3.8) is 0 Å². The van der Waals surface area contributed by atoms with Crippen LogP contribution in [0.1, 0.15) is 25.0 Å². The molecule has 1 saturated heterocycles. The molecule has 9 heteroatoms. The van der Waals surface area contributed by atoms with Crippen LogP contribution in [0.5, 0.6) is 0 Å². The number of nitrogens with zero attached hydrogens (tertiary/aromatic N) is 1. The number of aliphatic hydroxyl groups is 2. The Morgan fingerprint density at radius 2 is 1.93 bits per heavy atom. The molecule has 2 unspecified atom stereocenters. The number of carboxylic acid groups (broad SMARTS) is 1. The molecule has 2 rings (SSSR count). The lowest BCUT2D eigenvalue weighted by Gasteiger charge is -2.49. The van der Waals surface area contributed by atoms with Crippen molar-refractivity contribution in [2.24, 2.45) is 11.8 Å². The number of piperidine rings is 1. The molecule has 1 aliphatic rings. The van der Waals surface area contributed by atoms with Gasteiger partial charge in [0.15, 0.2) is 0 Å². The summed E-state index contributed by atoms with van der Waals surface area (Å²) in [6.45, 7) is 4.54. The highest BCUT2D eigenvalue weighted by Crippen LogP contribution is 2.44. The molecule has 4 atom stereocenters. The molecule has 1 heterocycles. The number of hydrogen-bond acceptors (Lipinski definition) is 4. The third-order valence-electron chi connectivity index (χ3n) is 5.23. The summed E-state index contributed by atoms with van der Waals surface area (Å²) in [5.74, 6) is -2.27. The summed E-state index contributed by atoms with van der Waals surface area (Å²) in [6, 6.07) is 1.44. The lowest BCUT2D eigenvalue weighted by molar-refractivity contribution is -0.152. The van der Waals surface area contributed by atoms with Gasteiger partial charge in [0, 0.05) is 35.5 Å². The summed E-state index contributed by atoms with van der Waals surface area (Å²) < 4.78 is 14.6. The molecule has 7 nitrogen and oxygen atoms in total. The van der Waals surface area contributed by atoms with Crippen molar-refractivity contribution >= 4 is 23.6 Å². The predicted octanol–water partition coefficient (Wildman–Crippen LogP) is 1.72. The predicted molar refractivity (Wildman–Crippen MR) is 97.0 cm³/mol. The molecule has 4 N–H and O–H groups in total. The highest BCUT2D eigenvalue weighted by Gasteiger charge is 2.49. The molecule has 0 spiro atoms. The van der Waals surface area contributed by atoms with Crippen LogP contribution in [-0.2, 0) is 10.4 Å². The Morgan fingerprint density at radius 1 is 1.37 bits per heavy atom. The number of hydrogen-bond donors (Lipinski definition) is 4. The van der Waals surface area contributed by atoms with Crippen LogP contribution < -0.4 is 5.32 Å². The molecule has 0 aromatic heterocycles. The number of aliphatic hydroxyl groups excluding tert-OH is 1. The molecule has 1 fully saturated rings. The second-order valence-electron chi connectivity index (χ2n) is 7.13. The van der Waals surface area contributed by atoms with Crippen LogP contribution in [0.15, 0.2) is 12.1 Å². The second kappa shape index (κ2) is 8.00. The number of aryl methyl sites for hydroxylation is 1. The van der Waals surface area contributed by atoms with E-state index < -0.39 is 47.9 Å². The Kier molecular flexibility index (Phi) is 6.34. The first-order valence-electron chi connectivity index (χ1n) is 8.59. The normalized spacial score (nSPS) is 26.6. The Hall–Kier alpha value is -1.90. The van der Waals surface area contributed by atoms with Crippen molar-refractivity contribution in [1.82, 2.24) is 10.2 Å². The van der Waals surface area contributed by atoms with Gasteiger partial charge in [-0.05, 0) is 24.6 Å². The van der Waals surface area contributed by atoms with Crippen LogP contribution in [0.3, 0.4) is 0 Å². The molecule has 1 aromatic rings. The Morgan fingerprint density at radius 3 is 2.37 bits per heavy atom. The van der Waals surface area contributed by atoms with Crippen LogP contribution in [0.25, 0.3) is 0 Å². The van der Waals surface area contributed by atoms with Gasteiger partial charge in [0.2, 0.25) is 5.91 Å². The zero-order valence-corrected chi connectivity index (χ0v) is 16.1. The number of halogens is 2. The second-order valence-corrected chi connectivity index (χ2v) is 7.57. The van der Waals surface area contributed by atoms with Gasteiger partial charge in [-0.3, -0.25) is 4.79 Å². The summed E-state index contributed by atoms with van der Waals surface area (Å²) in [4.78, 5) is 24.7. The molecular weight excluding hydrogens is 379 g/mol. The topological polar surface area (TPSA) is 110 Å². The maximum absolute atomic E-state index is 14.6. The van der Waals surface area contributed by atoms with Gasteiger partial charge in [-0.1, -0.05) is 25.4 Å². The van der Waals surface area contributed by atoms with Gasteiger partial charge >= 0.3 is 6.09 Å². The minimum absolute atomic E-state index is 0.0823. The average Bonchev–Trinajstić information content (AvgIpc) is 2.55. The fourth-order valence-electron chi connectivity index (χ4n) is 3.94. The number of rotatable bonds is 4. The maximum atomic E-state index is 14.6. The lowest BCUT2D eigenvalue weighted by atomic mass is 9.69. The number of benzene rings is 1. The zero-order chi connectivity index (χ0) is 20.5. The van der Waals surface area contributed by atoms with Crippen LogP contribution in [0.2, 0.25) is 5.02 Å². The monoisotopic (exact) mass is 402 g/mol. The van der Waals surface area contributed by atoms with Crippen LogP contribution >= 0.6 is 11.6 Å². The van der Waals surface area contributed by atoms with Crippen molar-refractivity contribution in [1.29, 1.82) is 0 Å². The number of likely N-dealkylation sites (tertiary alicyclic amines) is 1. The standard InChI is InChI=1S/C18H24ClFN2O5/c1-9-4-12(19)5-13(20)15(9)18(27)10(2)6-22(7-11(18)3)16(24)14(8-23)21-17(25)26/h4-5,10-11,14,21,23,27H,6-8H2,1-3H3,(H,25,26)/t10-,11+,14?,18?. The quantitative estimate of drug-likeness (QED) is 0.613. The van der Waals surface area contributed by atoms with E-state index in [1.807, 2.05) is 5.32 Å². The van der Waals surface area contributed by atoms with Crippen LogP contribution in [0, 0.1) is 24.6 Å². The van der Waals surface area contributed by atoms with Gasteiger partial charge < -0.3 is 25.5 Å². The summed E-state index contributed by atoms with van der Waals surface area (Å²) >= 11 is 5.88. The Labute approximate surface area is 161 Å². The van der Waals surface area contributed by atoms with E-state index in [9.17, 15) is 24.2 Å². The van der Waals surface area contributed by atoms with Crippen LogP contribution in [-0.4, -0.2) is 58.0 Å². The SMILES string of the molecule is Cc1cc(Cl)cc(F)c1C1(O)[C@H](C)CN(C(=O)C(CO)NC(=O)O)C[C@@H]1C. The molecule has 2 amide bonds. The van der Waals surface area contributed by atoms with Gasteiger partial charge in [0.05, 0.1) is 6.61 Å². The lowest BCUT2D eigenvalue weighted by Crippen LogP contribution is -2.60. The summed E-state index contributed by atoms with van der Waals surface area (Å²) in [6.07, 6.45) is -1.42. The minimum atomic E-state index is -1.52. The van der Waals surface area contributed by atoms with Crippen LogP contribution in [0.4, 0.5) is 9.18 Å². The first kappa shape index (κ1) is 21.4. The third kappa shape index (κ3) is 4.02. The molecule has 150 valence electrons. The van der Waals surface area contributed by atoms with E-state index in [1.54, 1.807) is 26.8 Å². The molecule has 1 aliphatic heterocycles. The minimum Gasteiger partial charge on any atom is -0.465 e. The van der Waals surface area contributed by atoms with Gasteiger partial charge in [-0.2, -0.15) is 0 Å². The molecule has 1 aromatic carbocycles. The number of carbonyl (C=O) groups is 2. The van der Waals surface area contributed by atoms with E-state index in [2.05, 4.69) is 0 Å². The molecule has 0 radical (unpaired) electrons. The van der Waals surface area contributed by atoms with Crippen molar-refractivity contribution in [3.8, 4) is 0 Å². The van der Waals surface area contributed by atoms with Crippen molar-refractivity contribution in [2.45, 2.75) is 32.4 Å². The molecule has 0 aliphatic carbocycles. The maximum Gasteiger partial charge on any atom is 0.405 e. The van der Waals surface area contributed by atoms with Crippen molar-refractivity contribution in [3.05, 3.63) is 34.1 Å². The molecular formula is C18H24ClFN2O5. The van der Waals surface area contributed by atoms with Gasteiger partial charge in [0.25, 0.3) is 0 Å². The number of carbonyl (C=O) groups excluding carboxylic acids is 1. The first-order valence-corrected chi connectivity index (χ1v) is 8.97. The third-order valence-corrected chi connectivity index (χ3v) is 5.45. The summed E-state index contributed by atoms with van der Waals surface area (Å²) in [5, 5.41) is 31.7. The van der Waals surface area contributed by atoms with Crippen molar-refractivity contribution < 1.29 is 29.3 Å². The summed E-state index contributed by atoms with van der Waals surface area (Å²) in [5.41, 5.74) is -0.854. The van der Waals surface area contributed by atoms with E-state index in [1.165, 1.54) is 4.90 Å². The van der Waals surface area contributed by atoms with Crippen molar-refractivity contribution in [2.75, 3.05) is 19.7 Å². The van der Waals surface area contributed by atoms with Gasteiger partial charge in [0.1, 0.15) is 17.5 Å². The fourth-order valence-corrected chi connectivity index (χ4v) is 4.20. The highest BCUT2D eigenvalue weighted by molar-refractivity contribution is 6.30. The summed E-state index contributed by atoms with van der Waals surface area (Å²) in [7, 11) is 0. The molecule has 0 bridgehead atoms. The van der Waals surface area contributed by atoms with E-state index in [0.29, 0.717) is 5.56 Å². The fraction of sp³-hybridized carbons (Fsp3) is 0.556. The Balaban J connectivity index is 2.32. The van der Waals surface area contributed by atoms with E-state index in [0.717, 1.165) is 6.07 Å². The zero-order valence-electron chi connectivity index (χ0n) is 15.4. The number of nitrogens with one attached hydrogen (secondary N) is 1. The van der Waals surface area contributed by atoms with Gasteiger partial charge in [-0.15, -0.1) is 0 Å². The first-order chi connectivity index (χ1) is 12.5. The smallest absolute Gasteiger partial charge is 0.405 e. The van der Waals surface area contributed by atoms with E-state index in [-0.39, 0.29) is 23.7 Å². The molecule has 27 heavy (non-hydrogen) atoms. The average molecular weight is 403 g/mol. The van der Waals surface area contributed by atoms with E-state index >= 15 is 0 Å². The van der Waals surface area contributed by atoms with E-state index in [4.69, 9.17) is 16.7 Å².